The predicted molar refractivity (Wildman–Crippen MR) is 231 cm³/mol. The number of fused-ring (bicyclic) bond motifs is 1. The number of hydrogen-bond acceptors (Lipinski definition) is 8. The van der Waals surface area contributed by atoms with Crippen molar-refractivity contribution in [3.8, 4) is 11.3 Å². The molecule has 3 aromatic carbocycles. The van der Waals surface area contributed by atoms with Crippen molar-refractivity contribution < 1.29 is 19.5 Å². The Kier molecular flexibility index (Phi) is 14.1. The number of amides is 4. The summed E-state index contributed by atoms with van der Waals surface area (Å²) in [6.45, 7) is 11.2. The van der Waals surface area contributed by atoms with E-state index < -0.39 is 29.6 Å². The van der Waals surface area contributed by atoms with Crippen LogP contribution in [0.5, 0.6) is 0 Å². The summed E-state index contributed by atoms with van der Waals surface area (Å²) in [4.78, 5) is 54.6. The Bertz CT molecular complexity index is 2160. The first-order valence-electron chi connectivity index (χ1n) is 20.5. The molecule has 4 amide bonds. The van der Waals surface area contributed by atoms with Crippen molar-refractivity contribution in [3.63, 3.8) is 0 Å². The number of rotatable bonds is 17. The molecular weight excluding hydrogens is 741 g/mol. The molecule has 2 aromatic heterocycles. The Hall–Kier alpha value is -5.69. The average molecular weight is 799 g/mol. The third-order valence-electron chi connectivity index (χ3n) is 11.3. The third kappa shape index (κ3) is 10.9. The maximum atomic E-state index is 14.6. The summed E-state index contributed by atoms with van der Waals surface area (Å²) in [5, 5.41) is 17.9. The summed E-state index contributed by atoms with van der Waals surface area (Å²) < 4.78 is 0. The van der Waals surface area contributed by atoms with E-state index >= 15 is 0 Å². The zero-order valence-corrected chi connectivity index (χ0v) is 34.8. The highest BCUT2D eigenvalue weighted by Crippen LogP contribution is 2.26. The zero-order valence-electron chi connectivity index (χ0n) is 34.8. The van der Waals surface area contributed by atoms with Crippen LogP contribution in [0.1, 0.15) is 57.7 Å². The molecule has 0 aliphatic carbocycles. The van der Waals surface area contributed by atoms with Gasteiger partial charge in [0.25, 0.3) is 5.91 Å². The fraction of sp³-hybridized carbons (Fsp3) is 0.383. The molecule has 6 rings (SSSR count). The summed E-state index contributed by atoms with van der Waals surface area (Å²) in [6.07, 6.45) is 3.35. The third-order valence-corrected chi connectivity index (χ3v) is 11.3. The lowest BCUT2D eigenvalue weighted by Gasteiger charge is -2.35. The van der Waals surface area contributed by atoms with Crippen LogP contribution in [0, 0.1) is 11.3 Å². The second-order valence-corrected chi connectivity index (χ2v) is 16.7. The quantitative estimate of drug-likeness (QED) is 0.0843. The van der Waals surface area contributed by atoms with E-state index in [2.05, 4.69) is 20.7 Å². The van der Waals surface area contributed by atoms with Gasteiger partial charge in [-0.1, -0.05) is 120 Å². The fourth-order valence-electron chi connectivity index (χ4n) is 7.51. The van der Waals surface area contributed by atoms with Crippen molar-refractivity contribution in [2.75, 3.05) is 19.6 Å². The van der Waals surface area contributed by atoms with Gasteiger partial charge < -0.3 is 26.0 Å². The number of carbonyl (C=O) groups is 3. The number of aliphatic hydroxyl groups excluding tert-OH is 1. The van der Waals surface area contributed by atoms with Gasteiger partial charge in [0, 0.05) is 56.1 Å². The van der Waals surface area contributed by atoms with Gasteiger partial charge >= 0.3 is 6.03 Å². The highest BCUT2D eigenvalue weighted by Gasteiger charge is 2.41. The van der Waals surface area contributed by atoms with Crippen LogP contribution in [0.2, 0.25) is 0 Å². The van der Waals surface area contributed by atoms with E-state index in [1.54, 1.807) is 27.2 Å². The van der Waals surface area contributed by atoms with Gasteiger partial charge in [-0.2, -0.15) is 0 Å². The number of hydrazine groups is 1. The van der Waals surface area contributed by atoms with Crippen LogP contribution in [0.15, 0.2) is 116 Å². The lowest BCUT2D eigenvalue weighted by molar-refractivity contribution is -0.132. The molecular formula is C47H58N8O4. The Labute approximate surface area is 347 Å². The minimum atomic E-state index is -1.14. The second kappa shape index (κ2) is 19.4. The minimum Gasteiger partial charge on any atom is -0.390 e. The lowest BCUT2D eigenvalue weighted by atomic mass is 9.87. The maximum absolute atomic E-state index is 14.6. The van der Waals surface area contributed by atoms with Crippen molar-refractivity contribution >= 4 is 28.7 Å². The molecule has 12 heteroatoms. The molecule has 1 fully saturated rings. The van der Waals surface area contributed by atoms with E-state index in [4.69, 9.17) is 5.73 Å². The van der Waals surface area contributed by atoms with Crippen LogP contribution in [0.4, 0.5) is 4.79 Å². The van der Waals surface area contributed by atoms with Crippen LogP contribution in [-0.2, 0) is 29.1 Å². The predicted octanol–water partition coefficient (Wildman–Crippen LogP) is 5.94. The number of nitrogens with zero attached hydrogens (tertiary/aromatic N) is 5. The number of nitrogens with one attached hydrogen (secondary N) is 2. The molecule has 1 aliphatic heterocycles. The van der Waals surface area contributed by atoms with E-state index in [0.717, 1.165) is 38.9 Å². The molecule has 2 unspecified atom stereocenters. The van der Waals surface area contributed by atoms with Gasteiger partial charge in [-0.15, -0.1) is 0 Å². The number of nitrogens with two attached hydrogens (primary N) is 1. The van der Waals surface area contributed by atoms with Gasteiger partial charge in [0.15, 0.2) is 0 Å². The van der Waals surface area contributed by atoms with Gasteiger partial charge in [-0.05, 0) is 58.7 Å². The first-order chi connectivity index (χ1) is 28.3. The molecule has 0 spiro atoms. The van der Waals surface area contributed by atoms with Crippen molar-refractivity contribution in [2.45, 2.75) is 84.8 Å². The van der Waals surface area contributed by atoms with Gasteiger partial charge in [0.05, 0.1) is 29.4 Å². The molecule has 12 nitrogen and oxygen atoms in total. The lowest BCUT2D eigenvalue weighted by Crippen LogP contribution is -2.59. The van der Waals surface area contributed by atoms with Crippen molar-refractivity contribution in [1.29, 1.82) is 0 Å². The van der Waals surface area contributed by atoms with E-state index in [-0.39, 0.29) is 36.9 Å². The van der Waals surface area contributed by atoms with Crippen LogP contribution < -0.4 is 16.5 Å². The SMILES string of the molecule is CCC(C)C(C(=O)N[C@@H](Cc1ccccc1)[C@@H](O)CN(Cc1ccc(-c2ccccn2)cc1)NC(=O)[C@@H](N)C(C)(C)C)N1CCN(Cc2ccnc3ccccc23)C1=O. The molecule has 1 aliphatic rings. The van der Waals surface area contributed by atoms with Crippen LogP contribution in [-0.4, -0.2) is 91.6 Å². The Morgan fingerprint density at radius 1 is 0.864 bits per heavy atom. The van der Waals surface area contributed by atoms with Gasteiger partial charge in [-0.25, -0.2) is 9.80 Å². The Morgan fingerprint density at radius 2 is 1.58 bits per heavy atom. The highest BCUT2D eigenvalue weighted by atomic mass is 16.3. The molecule has 0 saturated carbocycles. The van der Waals surface area contributed by atoms with Crippen LogP contribution >= 0.6 is 0 Å². The molecule has 310 valence electrons. The number of para-hydroxylation sites is 1. The number of urea groups is 1. The standard InChI is InChI=1S/C47H58N8O4/c1-6-32(2)42(55-27-26-53(46(55)59)30-36-23-25-50-39-18-11-10-16-37(36)39)44(57)51-40(28-33-14-8-7-9-15-33)41(56)31-54(52-45(58)43(48)47(3,4)5)29-34-19-21-35(22-20-34)38-17-12-13-24-49-38/h7-25,32,40-43,56H,6,26-31,48H2,1-5H3,(H,51,57)(H,52,58)/t32?,40-,41-,42?,43+/m0/s1. The normalized spacial score (nSPS) is 15.8. The second-order valence-electron chi connectivity index (χ2n) is 16.7. The number of pyridine rings is 2. The first kappa shape index (κ1) is 42.9. The molecule has 1 saturated heterocycles. The van der Waals surface area contributed by atoms with E-state index in [0.29, 0.717) is 32.5 Å². The topological polar surface area (TPSA) is 157 Å². The van der Waals surface area contributed by atoms with Crippen molar-refractivity contribution in [2.24, 2.45) is 17.1 Å². The molecule has 3 heterocycles. The van der Waals surface area contributed by atoms with Crippen molar-refractivity contribution in [3.05, 3.63) is 132 Å². The number of aliphatic hydroxyl groups is 1. The Morgan fingerprint density at radius 3 is 2.27 bits per heavy atom. The summed E-state index contributed by atoms with van der Waals surface area (Å²) >= 11 is 0. The summed E-state index contributed by atoms with van der Waals surface area (Å²) in [7, 11) is 0. The summed E-state index contributed by atoms with van der Waals surface area (Å²) in [6, 6.07) is 30.5. The smallest absolute Gasteiger partial charge is 0.321 e. The monoisotopic (exact) mass is 798 g/mol. The number of aromatic nitrogens is 2. The molecule has 5 atom stereocenters. The molecule has 0 radical (unpaired) electrons. The van der Waals surface area contributed by atoms with Gasteiger partial charge in [-0.3, -0.25) is 25.0 Å². The van der Waals surface area contributed by atoms with Crippen molar-refractivity contribution in [1.82, 2.24) is 35.5 Å². The first-order valence-corrected chi connectivity index (χ1v) is 20.5. The number of hydrogen-bond donors (Lipinski definition) is 4. The number of benzene rings is 3. The summed E-state index contributed by atoms with van der Waals surface area (Å²) in [5.41, 5.74) is 14.3. The fourth-order valence-corrected chi connectivity index (χ4v) is 7.51. The summed E-state index contributed by atoms with van der Waals surface area (Å²) in [5.74, 6) is -0.884. The Balaban J connectivity index is 1.23. The zero-order chi connectivity index (χ0) is 42.1. The van der Waals surface area contributed by atoms with E-state index in [9.17, 15) is 19.5 Å². The maximum Gasteiger partial charge on any atom is 0.321 e. The molecule has 59 heavy (non-hydrogen) atoms. The van der Waals surface area contributed by atoms with Gasteiger partial charge in [0.2, 0.25) is 5.91 Å². The van der Waals surface area contributed by atoms with E-state index in [1.807, 2.05) is 138 Å². The average Bonchev–Trinajstić information content (AvgIpc) is 3.59. The highest BCUT2D eigenvalue weighted by molar-refractivity contribution is 5.89. The van der Waals surface area contributed by atoms with Gasteiger partial charge in [0.1, 0.15) is 6.04 Å². The molecule has 5 aromatic rings. The largest absolute Gasteiger partial charge is 0.390 e. The number of carbonyl (C=O) groups excluding carboxylic acids is 3. The van der Waals surface area contributed by atoms with E-state index in [1.165, 1.54) is 0 Å². The van der Waals surface area contributed by atoms with Crippen LogP contribution in [0.3, 0.4) is 0 Å². The van der Waals surface area contributed by atoms with Crippen LogP contribution in [0.25, 0.3) is 22.2 Å². The molecule has 0 bridgehead atoms. The minimum absolute atomic E-state index is 0.0211. The molecule has 5 N–H and O–H groups in total.